The number of aliphatic hydroxyl groups is 1. The van der Waals surface area contributed by atoms with Gasteiger partial charge in [0.25, 0.3) is 5.91 Å². The zero-order chi connectivity index (χ0) is 18.5. The maximum atomic E-state index is 12.9. The lowest BCUT2D eigenvalue weighted by atomic mass is 9.97. The number of nitrogens with one attached hydrogen (secondary N) is 2. The molecule has 1 heterocycles. The van der Waals surface area contributed by atoms with E-state index in [1.807, 2.05) is 0 Å². The average Bonchev–Trinajstić information content (AvgIpc) is 3.48. The average molecular weight is 364 g/mol. The van der Waals surface area contributed by atoms with Crippen molar-refractivity contribution in [2.45, 2.75) is 50.4 Å². The van der Waals surface area contributed by atoms with Gasteiger partial charge >= 0.3 is 0 Å². The summed E-state index contributed by atoms with van der Waals surface area (Å²) in [6.07, 6.45) is 3.53. The van der Waals surface area contributed by atoms with E-state index in [0.717, 1.165) is 25.7 Å². The van der Waals surface area contributed by atoms with E-state index in [2.05, 4.69) is 10.6 Å². The molecule has 2 fully saturated rings. The van der Waals surface area contributed by atoms with E-state index < -0.39 is 6.10 Å². The van der Waals surface area contributed by atoms with Crippen LogP contribution in [-0.2, 0) is 9.53 Å². The Morgan fingerprint density at radius 2 is 1.88 bits per heavy atom. The summed E-state index contributed by atoms with van der Waals surface area (Å²) in [5.41, 5.74) is 0.409. The number of hydrogen-bond acceptors (Lipinski definition) is 4. The van der Waals surface area contributed by atoms with E-state index in [4.69, 9.17) is 4.74 Å². The minimum Gasteiger partial charge on any atom is -0.394 e. The van der Waals surface area contributed by atoms with Gasteiger partial charge in [0.2, 0.25) is 5.91 Å². The molecule has 1 saturated heterocycles. The maximum absolute atomic E-state index is 12.9. The fourth-order valence-electron chi connectivity index (χ4n) is 3.21. The number of benzene rings is 1. The van der Waals surface area contributed by atoms with Crippen molar-refractivity contribution in [2.24, 2.45) is 5.92 Å². The van der Waals surface area contributed by atoms with Crippen molar-refractivity contribution in [3.8, 4) is 0 Å². The predicted octanol–water partition coefficient (Wildman–Crippen LogP) is 1.38. The number of ether oxygens (including phenoxy) is 1. The quantitative estimate of drug-likeness (QED) is 0.682. The number of halogens is 1. The minimum atomic E-state index is -0.413. The van der Waals surface area contributed by atoms with Crippen molar-refractivity contribution in [3.63, 3.8) is 0 Å². The lowest BCUT2D eigenvalue weighted by Crippen LogP contribution is -2.51. The fourth-order valence-corrected chi connectivity index (χ4v) is 3.21. The Morgan fingerprint density at radius 1 is 1.15 bits per heavy atom. The zero-order valence-corrected chi connectivity index (χ0v) is 14.6. The Morgan fingerprint density at radius 3 is 2.54 bits per heavy atom. The van der Waals surface area contributed by atoms with Crippen molar-refractivity contribution in [1.82, 2.24) is 10.6 Å². The monoisotopic (exact) mass is 364 g/mol. The van der Waals surface area contributed by atoms with E-state index >= 15 is 0 Å². The molecule has 6 nitrogen and oxygen atoms in total. The number of aliphatic hydroxyl groups excluding tert-OH is 1. The van der Waals surface area contributed by atoms with Gasteiger partial charge in [-0.1, -0.05) is 0 Å². The molecule has 1 aliphatic heterocycles. The number of carbonyl (C=O) groups is 2. The molecule has 0 unspecified atom stereocenters. The van der Waals surface area contributed by atoms with Gasteiger partial charge in [0, 0.05) is 18.0 Å². The highest BCUT2D eigenvalue weighted by Crippen LogP contribution is 2.30. The molecule has 0 spiro atoms. The summed E-state index contributed by atoms with van der Waals surface area (Å²) in [5.74, 6) is -0.444. The predicted molar refractivity (Wildman–Crippen MR) is 93.0 cm³/mol. The number of carbonyl (C=O) groups excluding carboxylic acids is 2. The lowest BCUT2D eigenvalue weighted by Gasteiger charge is -2.36. The maximum Gasteiger partial charge on any atom is 0.251 e. The van der Waals surface area contributed by atoms with Crippen LogP contribution in [0.4, 0.5) is 4.39 Å². The Bertz CT molecular complexity index is 633. The van der Waals surface area contributed by atoms with E-state index in [0.29, 0.717) is 18.5 Å². The van der Waals surface area contributed by atoms with Crippen LogP contribution in [0.25, 0.3) is 0 Å². The first-order chi connectivity index (χ1) is 12.6. The second-order valence-electron chi connectivity index (χ2n) is 7.00. The third-order valence-electron chi connectivity index (χ3n) is 4.93. The van der Waals surface area contributed by atoms with E-state index in [1.165, 1.54) is 24.3 Å². The van der Waals surface area contributed by atoms with Crippen LogP contribution in [-0.4, -0.2) is 48.3 Å². The second kappa shape index (κ2) is 8.60. The third kappa shape index (κ3) is 5.02. The molecule has 0 radical (unpaired) electrons. The Balaban J connectivity index is 1.41. The summed E-state index contributed by atoms with van der Waals surface area (Å²) < 4.78 is 18.8. The largest absolute Gasteiger partial charge is 0.394 e. The molecule has 0 aromatic heterocycles. The summed E-state index contributed by atoms with van der Waals surface area (Å²) in [6, 6.07) is 5.23. The number of hydrogen-bond donors (Lipinski definition) is 3. The van der Waals surface area contributed by atoms with Crippen molar-refractivity contribution in [1.29, 1.82) is 0 Å². The number of rotatable bonds is 7. The lowest BCUT2D eigenvalue weighted by molar-refractivity contribution is -0.129. The summed E-state index contributed by atoms with van der Waals surface area (Å²) in [5, 5.41) is 15.3. The molecule has 7 heteroatoms. The van der Waals surface area contributed by atoms with Crippen LogP contribution in [0.3, 0.4) is 0 Å². The molecule has 1 aliphatic carbocycles. The highest BCUT2D eigenvalue weighted by molar-refractivity contribution is 5.94. The fraction of sp³-hybridized carbons (Fsp3) is 0.579. The normalized spacial score (nSPS) is 25.5. The van der Waals surface area contributed by atoms with E-state index in [-0.39, 0.29) is 42.3 Å². The Kier molecular flexibility index (Phi) is 6.21. The molecule has 2 amide bonds. The Labute approximate surface area is 152 Å². The SMILES string of the molecule is O=C(NCC[C@@H]1CC[C@@H](NC(=O)C2CC2)[C@H](CO)O1)c1ccc(F)cc1. The Hall–Kier alpha value is -1.99. The molecule has 2 aliphatic rings. The van der Waals surface area contributed by atoms with Crippen LogP contribution < -0.4 is 10.6 Å². The standard InChI is InChI=1S/C19H25FN2O4/c20-14-5-3-12(4-6-14)18(24)21-10-9-15-7-8-16(17(11-23)26-15)22-19(25)13-1-2-13/h3-6,13,15-17,23H,1-2,7-11H2,(H,21,24)(H,22,25)/t15-,16+,17-/m0/s1. The van der Waals surface area contributed by atoms with Gasteiger partial charge in [-0.2, -0.15) is 0 Å². The van der Waals surface area contributed by atoms with Gasteiger partial charge in [-0.05, 0) is 56.4 Å². The van der Waals surface area contributed by atoms with Crippen LogP contribution in [0, 0.1) is 11.7 Å². The molecule has 3 N–H and O–H groups in total. The molecule has 1 aromatic rings. The molecular weight excluding hydrogens is 339 g/mol. The molecule has 1 aromatic carbocycles. The van der Waals surface area contributed by atoms with Crippen molar-refractivity contribution in [2.75, 3.05) is 13.2 Å². The zero-order valence-electron chi connectivity index (χ0n) is 14.6. The van der Waals surface area contributed by atoms with Crippen LogP contribution in [0.5, 0.6) is 0 Å². The minimum absolute atomic E-state index is 0.0575. The topological polar surface area (TPSA) is 87.7 Å². The molecule has 3 atom stereocenters. The summed E-state index contributed by atoms with van der Waals surface area (Å²) >= 11 is 0. The smallest absolute Gasteiger partial charge is 0.251 e. The van der Waals surface area contributed by atoms with E-state index in [9.17, 15) is 19.1 Å². The molecular formula is C19H25FN2O4. The molecule has 142 valence electrons. The van der Waals surface area contributed by atoms with Crippen LogP contribution in [0.2, 0.25) is 0 Å². The van der Waals surface area contributed by atoms with Gasteiger partial charge in [-0.3, -0.25) is 9.59 Å². The van der Waals surface area contributed by atoms with Crippen LogP contribution >= 0.6 is 0 Å². The first-order valence-electron chi connectivity index (χ1n) is 9.17. The first kappa shape index (κ1) is 18.8. The summed E-state index contributed by atoms with van der Waals surface area (Å²) in [7, 11) is 0. The van der Waals surface area contributed by atoms with Crippen molar-refractivity contribution >= 4 is 11.8 Å². The molecule has 26 heavy (non-hydrogen) atoms. The van der Waals surface area contributed by atoms with Gasteiger partial charge in [0.1, 0.15) is 11.9 Å². The van der Waals surface area contributed by atoms with Crippen LogP contribution in [0.15, 0.2) is 24.3 Å². The molecule has 0 bridgehead atoms. The molecule has 3 rings (SSSR count). The van der Waals surface area contributed by atoms with E-state index in [1.54, 1.807) is 0 Å². The summed E-state index contributed by atoms with van der Waals surface area (Å²) in [6.45, 7) is 0.284. The highest BCUT2D eigenvalue weighted by atomic mass is 19.1. The second-order valence-corrected chi connectivity index (χ2v) is 7.00. The van der Waals surface area contributed by atoms with Gasteiger partial charge < -0.3 is 20.5 Å². The van der Waals surface area contributed by atoms with Crippen molar-refractivity contribution < 1.29 is 23.8 Å². The third-order valence-corrected chi connectivity index (χ3v) is 4.93. The van der Waals surface area contributed by atoms with Crippen LogP contribution in [0.1, 0.15) is 42.5 Å². The van der Waals surface area contributed by atoms with Crippen molar-refractivity contribution in [3.05, 3.63) is 35.6 Å². The van der Waals surface area contributed by atoms with Gasteiger partial charge in [0.05, 0.1) is 18.8 Å². The van der Waals surface area contributed by atoms with Gasteiger partial charge in [-0.15, -0.1) is 0 Å². The van der Waals surface area contributed by atoms with Gasteiger partial charge in [0.15, 0.2) is 0 Å². The molecule has 1 saturated carbocycles. The number of amides is 2. The highest BCUT2D eigenvalue weighted by Gasteiger charge is 2.36. The van der Waals surface area contributed by atoms with Gasteiger partial charge in [-0.25, -0.2) is 4.39 Å². The summed E-state index contributed by atoms with van der Waals surface area (Å²) in [4.78, 5) is 23.9. The first-order valence-corrected chi connectivity index (χ1v) is 9.17.